The molecule has 4 rings (SSSR count). The van der Waals surface area contributed by atoms with Gasteiger partial charge in [0.25, 0.3) is 0 Å². The first kappa shape index (κ1) is 32.4. The van der Waals surface area contributed by atoms with Gasteiger partial charge in [-0.2, -0.15) is 0 Å². The third kappa shape index (κ3) is 8.73. The standard InChI is InChI=1S/2C11H14O.2C6H14/c2*1-2-11(8-12)7-9-5-3-4-6-10(9)11;2*1-4-5-6(2)3/h2*3-6,12H,2,7-8H2,1H3;2*6H,4-5H2,1-3H3. The van der Waals surface area contributed by atoms with Gasteiger partial charge in [-0.15, -0.1) is 0 Å². The van der Waals surface area contributed by atoms with Gasteiger partial charge in [0.15, 0.2) is 0 Å². The Morgan fingerprint density at radius 3 is 1.14 bits per heavy atom. The first-order valence-electron chi connectivity index (χ1n) is 14.6. The molecule has 0 radical (unpaired) electrons. The predicted molar refractivity (Wildman–Crippen MR) is 158 cm³/mol. The normalized spacial score (nSPS) is 20.8. The lowest BCUT2D eigenvalue weighted by Crippen LogP contribution is -2.41. The van der Waals surface area contributed by atoms with E-state index in [0.29, 0.717) is 13.2 Å². The molecule has 0 bridgehead atoms. The van der Waals surface area contributed by atoms with Crippen molar-refractivity contribution in [2.24, 2.45) is 11.8 Å². The molecule has 2 atom stereocenters. The first-order valence-corrected chi connectivity index (χ1v) is 14.6. The van der Waals surface area contributed by atoms with Crippen LogP contribution in [0, 0.1) is 11.8 Å². The zero-order valence-electron chi connectivity index (χ0n) is 24.7. The summed E-state index contributed by atoms with van der Waals surface area (Å²) in [7, 11) is 0. The minimum absolute atomic E-state index is 0.0938. The van der Waals surface area contributed by atoms with Crippen molar-refractivity contribution in [3.63, 3.8) is 0 Å². The maximum Gasteiger partial charge on any atom is 0.0531 e. The van der Waals surface area contributed by atoms with Crippen LogP contribution in [0.3, 0.4) is 0 Å². The van der Waals surface area contributed by atoms with Gasteiger partial charge in [0.2, 0.25) is 0 Å². The predicted octanol–water partition coefficient (Wildman–Crippen LogP) is 8.65. The van der Waals surface area contributed by atoms with Crippen molar-refractivity contribution in [3.05, 3.63) is 70.8 Å². The number of hydrogen-bond acceptors (Lipinski definition) is 2. The second-order valence-corrected chi connectivity index (χ2v) is 11.6. The Labute approximate surface area is 223 Å². The Kier molecular flexibility index (Phi) is 14.6. The molecule has 36 heavy (non-hydrogen) atoms. The lowest BCUT2D eigenvalue weighted by atomic mass is 9.63. The number of fused-ring (bicyclic) bond motifs is 2. The van der Waals surface area contributed by atoms with Crippen molar-refractivity contribution in [1.29, 1.82) is 0 Å². The lowest BCUT2D eigenvalue weighted by Gasteiger charge is -2.42. The van der Waals surface area contributed by atoms with Gasteiger partial charge in [0.1, 0.15) is 0 Å². The molecule has 0 aromatic heterocycles. The summed E-state index contributed by atoms with van der Waals surface area (Å²) < 4.78 is 0. The van der Waals surface area contributed by atoms with Crippen molar-refractivity contribution in [1.82, 2.24) is 0 Å². The van der Waals surface area contributed by atoms with E-state index in [0.717, 1.165) is 37.5 Å². The summed E-state index contributed by atoms with van der Waals surface area (Å²) in [5.41, 5.74) is 5.72. The van der Waals surface area contributed by atoms with Crippen LogP contribution in [-0.4, -0.2) is 23.4 Å². The summed E-state index contributed by atoms with van der Waals surface area (Å²) in [6, 6.07) is 16.8. The van der Waals surface area contributed by atoms with Gasteiger partial charge < -0.3 is 10.2 Å². The van der Waals surface area contributed by atoms with E-state index in [2.05, 4.69) is 104 Å². The second-order valence-electron chi connectivity index (χ2n) is 11.6. The van der Waals surface area contributed by atoms with Crippen LogP contribution < -0.4 is 0 Å². The molecular formula is C34H56O2. The molecule has 2 heteroatoms. The van der Waals surface area contributed by atoms with Crippen LogP contribution in [0.15, 0.2) is 48.5 Å². The Hall–Kier alpha value is -1.64. The van der Waals surface area contributed by atoms with E-state index in [1.54, 1.807) is 0 Å². The first-order chi connectivity index (χ1) is 17.2. The molecule has 0 saturated carbocycles. The molecule has 0 saturated heterocycles. The molecule has 2 unspecified atom stereocenters. The van der Waals surface area contributed by atoms with E-state index in [9.17, 15) is 10.2 Å². The number of rotatable bonds is 8. The van der Waals surface area contributed by atoms with E-state index in [-0.39, 0.29) is 10.8 Å². The van der Waals surface area contributed by atoms with E-state index in [1.807, 2.05) is 0 Å². The van der Waals surface area contributed by atoms with Crippen molar-refractivity contribution < 1.29 is 10.2 Å². The maximum atomic E-state index is 9.28. The van der Waals surface area contributed by atoms with Crippen LogP contribution >= 0.6 is 0 Å². The zero-order valence-corrected chi connectivity index (χ0v) is 24.7. The summed E-state index contributed by atoms with van der Waals surface area (Å²) in [6.45, 7) is 18.3. The van der Waals surface area contributed by atoms with Crippen LogP contribution in [-0.2, 0) is 23.7 Å². The highest BCUT2D eigenvalue weighted by atomic mass is 16.3. The maximum absolute atomic E-state index is 9.28. The Morgan fingerprint density at radius 1 is 0.611 bits per heavy atom. The van der Waals surface area contributed by atoms with Crippen molar-refractivity contribution in [2.75, 3.05) is 13.2 Å². The molecular weight excluding hydrogens is 440 g/mol. The minimum atomic E-state index is 0.0938. The monoisotopic (exact) mass is 496 g/mol. The minimum Gasteiger partial charge on any atom is -0.395 e. The summed E-state index contributed by atoms with van der Waals surface area (Å²) in [5, 5.41) is 18.6. The van der Waals surface area contributed by atoms with Crippen molar-refractivity contribution in [2.45, 2.75) is 118 Å². The largest absolute Gasteiger partial charge is 0.395 e. The average molecular weight is 497 g/mol. The summed E-state index contributed by atoms with van der Waals surface area (Å²) in [5.74, 6) is 1.80. The second kappa shape index (κ2) is 16.3. The van der Waals surface area contributed by atoms with Gasteiger partial charge in [-0.05, 0) is 59.8 Å². The Morgan fingerprint density at radius 2 is 0.944 bits per heavy atom. The number of aliphatic hydroxyl groups excluding tert-OH is 2. The average Bonchev–Trinajstić information content (AvgIpc) is 2.83. The van der Waals surface area contributed by atoms with Crippen LogP contribution in [0.1, 0.15) is 116 Å². The highest BCUT2D eigenvalue weighted by Crippen LogP contribution is 2.43. The molecule has 0 fully saturated rings. The molecule has 2 aromatic rings. The zero-order chi connectivity index (χ0) is 27.2. The molecule has 0 spiro atoms. The van der Waals surface area contributed by atoms with Crippen LogP contribution in [0.25, 0.3) is 0 Å². The topological polar surface area (TPSA) is 40.5 Å². The molecule has 0 heterocycles. The quantitative estimate of drug-likeness (QED) is 0.384. The van der Waals surface area contributed by atoms with E-state index in [1.165, 1.54) is 47.9 Å². The summed E-state index contributed by atoms with van der Waals surface area (Å²) >= 11 is 0. The van der Waals surface area contributed by atoms with Gasteiger partial charge in [-0.25, -0.2) is 0 Å². The molecule has 0 amide bonds. The van der Waals surface area contributed by atoms with Crippen molar-refractivity contribution in [3.8, 4) is 0 Å². The SMILES string of the molecule is CCC1(CO)Cc2ccccc21.CCC1(CO)Cc2ccccc21.CCCC(C)C.CCCC(C)C. The van der Waals surface area contributed by atoms with Crippen LogP contribution in [0.5, 0.6) is 0 Å². The van der Waals surface area contributed by atoms with E-state index < -0.39 is 0 Å². The summed E-state index contributed by atoms with van der Waals surface area (Å²) in [6.07, 6.45) is 9.60. The molecule has 204 valence electrons. The Balaban J connectivity index is 0.000000255. The number of benzene rings is 2. The fourth-order valence-electron chi connectivity index (χ4n) is 5.38. The van der Waals surface area contributed by atoms with Gasteiger partial charge in [-0.3, -0.25) is 0 Å². The summed E-state index contributed by atoms with van der Waals surface area (Å²) in [4.78, 5) is 0. The van der Waals surface area contributed by atoms with Gasteiger partial charge >= 0.3 is 0 Å². The highest BCUT2D eigenvalue weighted by molar-refractivity contribution is 5.45. The third-order valence-corrected chi connectivity index (χ3v) is 7.93. The van der Waals surface area contributed by atoms with Crippen molar-refractivity contribution >= 4 is 0 Å². The van der Waals surface area contributed by atoms with Gasteiger partial charge in [0.05, 0.1) is 13.2 Å². The number of hydrogen-bond donors (Lipinski definition) is 2. The fourth-order valence-corrected chi connectivity index (χ4v) is 5.38. The molecule has 2 nitrogen and oxygen atoms in total. The number of aliphatic hydroxyl groups is 2. The van der Waals surface area contributed by atoms with Gasteiger partial charge in [-0.1, -0.05) is 130 Å². The lowest BCUT2D eigenvalue weighted by molar-refractivity contribution is 0.167. The van der Waals surface area contributed by atoms with E-state index in [4.69, 9.17) is 0 Å². The molecule has 2 aliphatic rings. The van der Waals surface area contributed by atoms with Crippen LogP contribution in [0.4, 0.5) is 0 Å². The molecule has 2 aromatic carbocycles. The molecule has 2 aliphatic carbocycles. The van der Waals surface area contributed by atoms with Crippen LogP contribution in [0.2, 0.25) is 0 Å². The third-order valence-electron chi connectivity index (χ3n) is 7.93. The molecule has 0 aliphatic heterocycles. The van der Waals surface area contributed by atoms with E-state index >= 15 is 0 Å². The highest BCUT2D eigenvalue weighted by Gasteiger charge is 2.40. The fraction of sp³-hybridized carbons (Fsp3) is 0.647. The van der Waals surface area contributed by atoms with Gasteiger partial charge in [0, 0.05) is 10.8 Å². The Bertz CT molecular complexity index is 772. The molecule has 2 N–H and O–H groups in total. The smallest absolute Gasteiger partial charge is 0.0531 e.